The van der Waals surface area contributed by atoms with Gasteiger partial charge in [0.2, 0.25) is 0 Å². The van der Waals surface area contributed by atoms with E-state index in [4.69, 9.17) is 0 Å². The molecule has 0 aliphatic rings. The molecule has 0 aliphatic heterocycles. The summed E-state index contributed by atoms with van der Waals surface area (Å²) in [5, 5.41) is 26.2. The molecule has 0 saturated heterocycles. The van der Waals surface area contributed by atoms with Gasteiger partial charge in [-0.15, -0.1) is 0 Å². The lowest BCUT2D eigenvalue weighted by atomic mass is 9.87. The van der Waals surface area contributed by atoms with Gasteiger partial charge in [-0.1, -0.05) is 32.9 Å². The normalized spacial score (nSPS) is 12.1. The van der Waals surface area contributed by atoms with Crippen LogP contribution in [-0.4, -0.2) is 31.6 Å². The highest BCUT2D eigenvalue weighted by Crippen LogP contribution is 2.23. The fourth-order valence-electron chi connectivity index (χ4n) is 3.23. The number of nitrogens with zero attached hydrogens (tertiary/aromatic N) is 2. The molecule has 1 aromatic heterocycles. The molecular weight excluding hydrogens is 396 g/mol. The van der Waals surface area contributed by atoms with Crippen LogP contribution in [0.25, 0.3) is 5.69 Å². The number of hydrogen-bond donors (Lipinski definition) is 4. The number of rotatable bonds is 4. The van der Waals surface area contributed by atoms with Crippen molar-refractivity contribution in [2.45, 2.75) is 40.0 Å². The first-order valence-corrected chi connectivity index (χ1v) is 9.78. The van der Waals surface area contributed by atoms with Crippen molar-refractivity contribution in [2.24, 2.45) is 5.10 Å². The lowest BCUT2D eigenvalue weighted by molar-refractivity contribution is 0.0952. The average Bonchev–Trinajstić information content (AvgIpc) is 2.99. The minimum atomic E-state index is -0.664. The second kappa shape index (κ2) is 8.14. The van der Waals surface area contributed by atoms with E-state index in [9.17, 15) is 19.8 Å². The number of amides is 1. The Balaban J connectivity index is 1.87. The molecule has 0 radical (unpaired) electrons. The third kappa shape index (κ3) is 4.53. The molecule has 1 heterocycles. The number of H-pyrrole nitrogens is 1. The van der Waals surface area contributed by atoms with E-state index in [0.717, 1.165) is 11.6 Å². The lowest BCUT2D eigenvalue weighted by Gasteiger charge is -2.19. The number of phenolic OH excluding ortho intramolecular Hbond substituents is 2. The minimum Gasteiger partial charge on any atom is -0.508 e. The van der Waals surface area contributed by atoms with Gasteiger partial charge in [0.05, 0.1) is 22.5 Å². The molecule has 0 spiro atoms. The predicted octanol–water partition coefficient (Wildman–Crippen LogP) is 3.34. The fraction of sp³-hybridized carbons (Fsp3) is 0.261. The molecule has 162 valence electrons. The van der Waals surface area contributed by atoms with Gasteiger partial charge in [-0.2, -0.15) is 5.10 Å². The highest BCUT2D eigenvalue weighted by molar-refractivity contribution is 6.02. The summed E-state index contributed by atoms with van der Waals surface area (Å²) in [6.07, 6.45) is 0. The van der Waals surface area contributed by atoms with Crippen LogP contribution >= 0.6 is 0 Å². The van der Waals surface area contributed by atoms with Crippen LogP contribution in [0.5, 0.6) is 11.5 Å². The fourth-order valence-corrected chi connectivity index (χ4v) is 3.23. The topological polar surface area (TPSA) is 120 Å². The average molecular weight is 422 g/mol. The third-order valence-corrected chi connectivity index (χ3v) is 4.98. The van der Waals surface area contributed by atoms with E-state index in [-0.39, 0.29) is 28.0 Å². The SMILES string of the molecule is C/C(=N/NC(=O)c1ccc(O)cc1O)c1c(C)[nH]n(-c2ccc(C(C)(C)C)cc2)c1=O. The first-order valence-electron chi connectivity index (χ1n) is 9.78. The number of hydrazone groups is 1. The predicted molar refractivity (Wildman–Crippen MR) is 119 cm³/mol. The summed E-state index contributed by atoms with van der Waals surface area (Å²) in [6, 6.07) is 11.4. The zero-order valence-corrected chi connectivity index (χ0v) is 18.1. The number of aromatic nitrogens is 2. The largest absolute Gasteiger partial charge is 0.508 e. The summed E-state index contributed by atoms with van der Waals surface area (Å²) in [5.41, 5.74) is 5.12. The van der Waals surface area contributed by atoms with Crippen LogP contribution < -0.4 is 11.0 Å². The Bertz CT molecular complexity index is 1210. The number of benzene rings is 2. The maximum absolute atomic E-state index is 13.0. The Labute approximate surface area is 179 Å². The van der Waals surface area contributed by atoms with Gasteiger partial charge >= 0.3 is 0 Å². The van der Waals surface area contributed by atoms with E-state index in [1.807, 2.05) is 24.3 Å². The maximum atomic E-state index is 13.0. The summed E-state index contributed by atoms with van der Waals surface area (Å²) in [6.45, 7) is 9.73. The first-order chi connectivity index (χ1) is 14.5. The quantitative estimate of drug-likeness (QED) is 0.381. The van der Waals surface area contributed by atoms with E-state index in [1.165, 1.54) is 16.8 Å². The zero-order chi connectivity index (χ0) is 22.9. The number of hydrogen-bond acceptors (Lipinski definition) is 5. The zero-order valence-electron chi connectivity index (χ0n) is 18.1. The summed E-state index contributed by atoms with van der Waals surface area (Å²) in [4.78, 5) is 25.3. The summed E-state index contributed by atoms with van der Waals surface area (Å²) in [7, 11) is 0. The Kier molecular flexibility index (Phi) is 5.75. The van der Waals surface area contributed by atoms with E-state index >= 15 is 0 Å². The van der Waals surface area contributed by atoms with Crippen LogP contribution in [0.1, 0.15) is 54.9 Å². The van der Waals surface area contributed by atoms with Gasteiger partial charge in [-0.25, -0.2) is 10.1 Å². The Morgan fingerprint density at radius 3 is 2.32 bits per heavy atom. The van der Waals surface area contributed by atoms with Crippen molar-refractivity contribution in [2.75, 3.05) is 0 Å². The van der Waals surface area contributed by atoms with E-state index in [2.05, 4.69) is 36.4 Å². The molecule has 4 N–H and O–H groups in total. The molecule has 0 atom stereocenters. The van der Waals surface area contributed by atoms with E-state index < -0.39 is 5.91 Å². The van der Waals surface area contributed by atoms with Crippen molar-refractivity contribution in [3.63, 3.8) is 0 Å². The van der Waals surface area contributed by atoms with Gasteiger partial charge in [0, 0.05) is 11.8 Å². The van der Waals surface area contributed by atoms with Crippen molar-refractivity contribution in [3.05, 3.63) is 75.2 Å². The molecule has 3 rings (SSSR count). The molecule has 0 unspecified atom stereocenters. The number of aromatic amines is 1. The second-order valence-electron chi connectivity index (χ2n) is 8.39. The smallest absolute Gasteiger partial charge is 0.280 e. The Morgan fingerprint density at radius 2 is 1.74 bits per heavy atom. The monoisotopic (exact) mass is 422 g/mol. The highest BCUT2D eigenvalue weighted by Gasteiger charge is 2.18. The molecule has 3 aromatic rings. The van der Waals surface area contributed by atoms with Gasteiger partial charge in [-0.05, 0) is 49.1 Å². The highest BCUT2D eigenvalue weighted by atomic mass is 16.3. The van der Waals surface area contributed by atoms with Gasteiger partial charge in [-0.3, -0.25) is 14.7 Å². The van der Waals surface area contributed by atoms with Crippen molar-refractivity contribution in [1.29, 1.82) is 0 Å². The molecule has 8 heteroatoms. The molecule has 0 saturated carbocycles. The van der Waals surface area contributed by atoms with Crippen LogP contribution in [0.2, 0.25) is 0 Å². The Hall–Kier alpha value is -3.81. The first kappa shape index (κ1) is 21.9. The molecule has 2 aromatic carbocycles. The Morgan fingerprint density at radius 1 is 1.10 bits per heavy atom. The molecule has 0 bridgehead atoms. The second-order valence-corrected chi connectivity index (χ2v) is 8.39. The van der Waals surface area contributed by atoms with Crippen molar-refractivity contribution in [1.82, 2.24) is 15.2 Å². The number of nitrogens with one attached hydrogen (secondary N) is 2. The van der Waals surface area contributed by atoms with Crippen LogP contribution in [0, 0.1) is 6.92 Å². The molecule has 31 heavy (non-hydrogen) atoms. The van der Waals surface area contributed by atoms with Crippen molar-refractivity contribution >= 4 is 11.6 Å². The van der Waals surface area contributed by atoms with Crippen LogP contribution in [0.3, 0.4) is 0 Å². The van der Waals surface area contributed by atoms with Crippen LogP contribution in [-0.2, 0) is 5.41 Å². The number of aromatic hydroxyl groups is 2. The standard InChI is InChI=1S/C23H26N4O4/c1-13(24-25-21(30)18-11-10-17(28)12-19(18)29)20-14(2)26-27(22(20)31)16-8-6-15(7-9-16)23(3,4)5/h6-12,26,28-29H,1-5H3,(H,25,30)/b24-13-. The van der Waals surface area contributed by atoms with Crippen LogP contribution in [0.15, 0.2) is 52.4 Å². The minimum absolute atomic E-state index is 0.00763. The summed E-state index contributed by atoms with van der Waals surface area (Å²) < 4.78 is 1.43. The van der Waals surface area contributed by atoms with Gasteiger partial charge in [0.25, 0.3) is 11.5 Å². The molecular formula is C23H26N4O4. The number of carbonyl (C=O) groups excluding carboxylic acids is 1. The molecule has 0 fully saturated rings. The maximum Gasteiger partial charge on any atom is 0.280 e. The molecule has 1 amide bonds. The number of aryl methyl sites for hydroxylation is 1. The van der Waals surface area contributed by atoms with E-state index in [0.29, 0.717) is 22.7 Å². The van der Waals surface area contributed by atoms with Gasteiger partial charge in [0.1, 0.15) is 11.5 Å². The van der Waals surface area contributed by atoms with Crippen LogP contribution in [0.4, 0.5) is 0 Å². The number of phenols is 2. The van der Waals surface area contributed by atoms with Crippen molar-refractivity contribution in [3.8, 4) is 17.2 Å². The molecule has 8 nitrogen and oxygen atoms in total. The lowest BCUT2D eigenvalue weighted by Crippen LogP contribution is -2.23. The van der Waals surface area contributed by atoms with Gasteiger partial charge < -0.3 is 10.2 Å². The van der Waals surface area contributed by atoms with E-state index in [1.54, 1.807) is 13.8 Å². The summed E-state index contributed by atoms with van der Waals surface area (Å²) >= 11 is 0. The van der Waals surface area contributed by atoms with Crippen molar-refractivity contribution < 1.29 is 15.0 Å². The third-order valence-electron chi connectivity index (χ3n) is 4.98. The van der Waals surface area contributed by atoms with Gasteiger partial charge in [0.15, 0.2) is 0 Å². The summed E-state index contributed by atoms with van der Waals surface area (Å²) in [5.74, 6) is -1.19. The number of carbonyl (C=O) groups is 1. The molecule has 0 aliphatic carbocycles.